The van der Waals surface area contributed by atoms with Gasteiger partial charge < -0.3 is 14.6 Å². The minimum Gasteiger partial charge on any atom is -0.478 e. The van der Waals surface area contributed by atoms with E-state index in [1.165, 1.54) is 12.5 Å². The van der Waals surface area contributed by atoms with Gasteiger partial charge in [0.25, 0.3) is 0 Å². The number of fused-ring (bicyclic) bond motifs is 1. The Labute approximate surface area is 131 Å². The van der Waals surface area contributed by atoms with Crippen molar-refractivity contribution in [2.75, 3.05) is 6.79 Å². The van der Waals surface area contributed by atoms with Gasteiger partial charge in [-0.2, -0.15) is 0 Å². The van der Waals surface area contributed by atoms with E-state index in [0.717, 1.165) is 49.2 Å². The fourth-order valence-electron chi connectivity index (χ4n) is 2.30. The van der Waals surface area contributed by atoms with Crippen molar-refractivity contribution in [3.05, 3.63) is 42.0 Å². The number of hydrogen-bond donors (Lipinski definition) is 1. The molecule has 1 aromatic rings. The maximum atomic E-state index is 10.3. The molecule has 0 amide bonds. The number of ether oxygens (including phenoxy) is 2. The zero-order chi connectivity index (χ0) is 15.6. The zero-order valence-corrected chi connectivity index (χ0v) is 12.7. The van der Waals surface area contributed by atoms with Crippen LogP contribution in [-0.4, -0.2) is 17.9 Å². The summed E-state index contributed by atoms with van der Waals surface area (Å²) < 4.78 is 10.6. The van der Waals surface area contributed by atoms with E-state index in [1.54, 1.807) is 6.08 Å². The predicted octanol–water partition coefficient (Wildman–Crippen LogP) is 4.41. The van der Waals surface area contributed by atoms with Gasteiger partial charge in [-0.15, -0.1) is 0 Å². The molecule has 0 saturated carbocycles. The van der Waals surface area contributed by atoms with Crippen LogP contribution in [0.1, 0.15) is 44.1 Å². The van der Waals surface area contributed by atoms with Gasteiger partial charge >= 0.3 is 5.97 Å². The third kappa shape index (κ3) is 5.64. The molecule has 0 atom stereocenters. The van der Waals surface area contributed by atoms with Gasteiger partial charge in [-0.25, -0.2) is 4.79 Å². The summed E-state index contributed by atoms with van der Waals surface area (Å²) in [7, 11) is 0. The summed E-state index contributed by atoms with van der Waals surface area (Å²) >= 11 is 0. The second-order valence-electron chi connectivity index (χ2n) is 5.25. The molecular formula is C18H22O4. The van der Waals surface area contributed by atoms with Crippen LogP contribution in [0.4, 0.5) is 0 Å². The maximum absolute atomic E-state index is 10.3. The Bertz CT molecular complexity index is 546. The highest BCUT2D eigenvalue weighted by Gasteiger charge is 2.11. The lowest BCUT2D eigenvalue weighted by Gasteiger charge is -1.98. The Kier molecular flexibility index (Phi) is 6.55. The van der Waals surface area contributed by atoms with E-state index in [9.17, 15) is 4.79 Å². The summed E-state index contributed by atoms with van der Waals surface area (Å²) in [5, 5.41) is 8.45. The van der Waals surface area contributed by atoms with E-state index in [0.29, 0.717) is 6.79 Å². The van der Waals surface area contributed by atoms with Crippen LogP contribution in [0.15, 0.2) is 36.4 Å². The number of carbonyl (C=O) groups is 1. The molecule has 1 aliphatic rings. The Hall–Kier alpha value is -2.23. The Morgan fingerprint density at radius 2 is 1.77 bits per heavy atom. The first-order valence-electron chi connectivity index (χ1n) is 7.71. The molecule has 0 spiro atoms. The number of allylic oxidation sites excluding steroid dienone is 2. The second kappa shape index (κ2) is 8.93. The first-order valence-corrected chi connectivity index (χ1v) is 7.71. The molecule has 22 heavy (non-hydrogen) atoms. The Morgan fingerprint density at radius 3 is 2.55 bits per heavy atom. The Morgan fingerprint density at radius 1 is 1.05 bits per heavy atom. The number of hydrogen-bond acceptors (Lipinski definition) is 3. The van der Waals surface area contributed by atoms with Gasteiger partial charge in [-0.3, -0.25) is 0 Å². The number of unbranched alkanes of at least 4 members (excludes halogenated alkanes) is 5. The molecule has 4 heteroatoms. The molecular weight excluding hydrogens is 280 g/mol. The van der Waals surface area contributed by atoms with E-state index in [2.05, 4.69) is 12.2 Å². The molecule has 1 aliphatic heterocycles. The lowest BCUT2D eigenvalue weighted by Crippen LogP contribution is -1.92. The summed E-state index contributed by atoms with van der Waals surface area (Å²) in [6.07, 6.45) is 13.7. The second-order valence-corrected chi connectivity index (χ2v) is 5.25. The fourth-order valence-corrected chi connectivity index (χ4v) is 2.30. The number of carboxylic acids is 1. The van der Waals surface area contributed by atoms with Crippen molar-refractivity contribution < 1.29 is 19.4 Å². The molecule has 0 aliphatic carbocycles. The summed E-state index contributed by atoms with van der Waals surface area (Å²) in [6, 6.07) is 5.96. The van der Waals surface area contributed by atoms with Crippen LogP contribution >= 0.6 is 0 Å². The van der Waals surface area contributed by atoms with Crippen molar-refractivity contribution >= 4 is 12.0 Å². The molecule has 4 nitrogen and oxygen atoms in total. The zero-order valence-electron chi connectivity index (χ0n) is 12.7. The van der Waals surface area contributed by atoms with Crippen molar-refractivity contribution in [3.63, 3.8) is 0 Å². The number of carboxylic acid groups (broad SMARTS) is 1. The maximum Gasteiger partial charge on any atom is 0.327 e. The summed E-state index contributed by atoms with van der Waals surface area (Å²) in [4.78, 5) is 10.3. The first-order chi connectivity index (χ1) is 10.8. The van der Waals surface area contributed by atoms with Crippen LogP contribution in [0.2, 0.25) is 0 Å². The minimum atomic E-state index is -0.867. The quantitative estimate of drug-likeness (QED) is 0.542. The van der Waals surface area contributed by atoms with Gasteiger partial charge in [0.1, 0.15) is 0 Å². The molecule has 0 saturated heterocycles. The van der Waals surface area contributed by atoms with Gasteiger partial charge in [0, 0.05) is 6.08 Å². The average Bonchev–Trinajstić information content (AvgIpc) is 2.96. The van der Waals surface area contributed by atoms with Gasteiger partial charge in [0.05, 0.1) is 0 Å². The van der Waals surface area contributed by atoms with E-state index >= 15 is 0 Å². The number of benzene rings is 1. The van der Waals surface area contributed by atoms with E-state index < -0.39 is 5.97 Å². The molecule has 1 heterocycles. The van der Waals surface area contributed by atoms with Crippen LogP contribution in [0.5, 0.6) is 11.5 Å². The summed E-state index contributed by atoms with van der Waals surface area (Å²) in [5.41, 5.74) is 1.13. The Balaban J connectivity index is 1.56. The van der Waals surface area contributed by atoms with Crippen LogP contribution in [0.25, 0.3) is 6.08 Å². The SMILES string of the molecule is O=C(O)/C=C/CCCCCC/C=C/c1ccc2c(c1)OCO2. The number of rotatable bonds is 9. The molecule has 1 aromatic carbocycles. The van der Waals surface area contributed by atoms with Crippen LogP contribution in [0.3, 0.4) is 0 Å². The van der Waals surface area contributed by atoms with E-state index in [4.69, 9.17) is 14.6 Å². The topological polar surface area (TPSA) is 55.8 Å². The van der Waals surface area contributed by atoms with Gasteiger partial charge in [-0.05, 0) is 43.4 Å². The van der Waals surface area contributed by atoms with Crippen molar-refractivity contribution in [1.29, 1.82) is 0 Å². The lowest BCUT2D eigenvalue weighted by molar-refractivity contribution is -0.131. The first kappa shape index (κ1) is 16.1. The fraction of sp³-hybridized carbons (Fsp3) is 0.389. The van der Waals surface area contributed by atoms with Crippen LogP contribution in [0, 0.1) is 0 Å². The average molecular weight is 302 g/mol. The molecule has 0 bridgehead atoms. The summed E-state index contributed by atoms with van der Waals surface area (Å²) in [5.74, 6) is 0.763. The molecule has 0 unspecified atom stereocenters. The third-order valence-corrected chi connectivity index (χ3v) is 3.46. The van der Waals surface area contributed by atoms with Crippen molar-refractivity contribution in [2.24, 2.45) is 0 Å². The monoisotopic (exact) mass is 302 g/mol. The largest absolute Gasteiger partial charge is 0.478 e. The normalized spacial score (nSPS) is 13.3. The van der Waals surface area contributed by atoms with Gasteiger partial charge in [0.2, 0.25) is 6.79 Å². The smallest absolute Gasteiger partial charge is 0.327 e. The highest BCUT2D eigenvalue weighted by molar-refractivity contribution is 5.79. The van der Waals surface area contributed by atoms with Gasteiger partial charge in [-0.1, -0.05) is 37.1 Å². The standard InChI is InChI=1S/C18H22O4/c19-18(20)10-8-6-4-2-1-3-5-7-9-15-11-12-16-17(13-15)22-14-21-16/h7-13H,1-6,14H2,(H,19,20)/b9-7+,10-8+. The van der Waals surface area contributed by atoms with E-state index in [1.807, 2.05) is 18.2 Å². The van der Waals surface area contributed by atoms with Crippen LogP contribution < -0.4 is 9.47 Å². The van der Waals surface area contributed by atoms with Crippen LogP contribution in [-0.2, 0) is 4.79 Å². The molecule has 0 aromatic heterocycles. The molecule has 118 valence electrons. The summed E-state index contributed by atoms with van der Waals surface area (Å²) in [6.45, 7) is 0.310. The van der Waals surface area contributed by atoms with E-state index in [-0.39, 0.29) is 0 Å². The number of aliphatic carboxylic acids is 1. The molecule has 1 N–H and O–H groups in total. The molecule has 2 rings (SSSR count). The highest BCUT2D eigenvalue weighted by Crippen LogP contribution is 2.32. The van der Waals surface area contributed by atoms with Crippen molar-refractivity contribution in [3.8, 4) is 11.5 Å². The molecule has 0 fully saturated rings. The van der Waals surface area contributed by atoms with Crippen molar-refractivity contribution in [1.82, 2.24) is 0 Å². The van der Waals surface area contributed by atoms with Gasteiger partial charge in [0.15, 0.2) is 11.5 Å². The lowest BCUT2D eigenvalue weighted by atomic mass is 10.1. The molecule has 0 radical (unpaired) electrons. The third-order valence-electron chi connectivity index (χ3n) is 3.46. The van der Waals surface area contributed by atoms with Crippen molar-refractivity contribution in [2.45, 2.75) is 38.5 Å². The highest BCUT2D eigenvalue weighted by atomic mass is 16.7. The predicted molar refractivity (Wildman–Crippen MR) is 86.1 cm³/mol. The minimum absolute atomic E-state index is 0.310.